The van der Waals surface area contributed by atoms with E-state index in [1.165, 1.54) is 18.4 Å². The summed E-state index contributed by atoms with van der Waals surface area (Å²) in [5, 5.41) is 2.50. The molecule has 1 aromatic heterocycles. The van der Waals surface area contributed by atoms with E-state index in [2.05, 4.69) is 4.98 Å². The first-order valence-corrected chi connectivity index (χ1v) is 7.68. The van der Waals surface area contributed by atoms with Crippen LogP contribution in [0.25, 0.3) is 0 Å². The van der Waals surface area contributed by atoms with Crippen molar-refractivity contribution in [2.45, 2.75) is 13.0 Å². The Morgan fingerprint density at radius 1 is 1.38 bits per heavy atom. The Kier molecular flexibility index (Phi) is 5.27. The summed E-state index contributed by atoms with van der Waals surface area (Å²) in [6, 6.07) is -0.167. The maximum absolute atomic E-state index is 12.3. The molecule has 1 atom stereocenters. The lowest BCUT2D eigenvalue weighted by Gasteiger charge is -2.34. The van der Waals surface area contributed by atoms with Gasteiger partial charge in [-0.15, -0.1) is 11.3 Å². The standard InChI is InChI=1S/C13H20N4O3S/c1-9(14)12-15-10(8-21-12)13(19)17-5-3-16(4-6-17)11(18)7-20-2/h8-9H,3-7,14H2,1-2H3. The number of hydrogen-bond donors (Lipinski definition) is 1. The van der Waals surface area contributed by atoms with E-state index in [4.69, 9.17) is 10.5 Å². The van der Waals surface area contributed by atoms with Gasteiger partial charge >= 0.3 is 0 Å². The van der Waals surface area contributed by atoms with Crippen LogP contribution in [0.4, 0.5) is 0 Å². The number of aromatic nitrogens is 1. The molecule has 7 nitrogen and oxygen atoms in total. The Morgan fingerprint density at radius 3 is 2.52 bits per heavy atom. The summed E-state index contributed by atoms with van der Waals surface area (Å²) in [6.07, 6.45) is 0. The van der Waals surface area contributed by atoms with Crippen molar-refractivity contribution in [3.05, 3.63) is 16.1 Å². The minimum Gasteiger partial charge on any atom is -0.375 e. The molecule has 1 aliphatic rings. The molecule has 1 aliphatic heterocycles. The summed E-state index contributed by atoms with van der Waals surface area (Å²) in [5.41, 5.74) is 6.19. The van der Waals surface area contributed by atoms with Gasteiger partial charge in [-0.05, 0) is 6.92 Å². The van der Waals surface area contributed by atoms with Crippen molar-refractivity contribution in [2.24, 2.45) is 5.73 Å². The highest BCUT2D eigenvalue weighted by Gasteiger charge is 2.26. The first-order valence-electron chi connectivity index (χ1n) is 6.80. The van der Waals surface area contributed by atoms with Crippen LogP contribution in [0.15, 0.2) is 5.38 Å². The molecule has 8 heteroatoms. The number of thiazole rings is 1. The molecule has 0 radical (unpaired) electrons. The van der Waals surface area contributed by atoms with E-state index >= 15 is 0 Å². The minimum atomic E-state index is -0.167. The van der Waals surface area contributed by atoms with Crippen LogP contribution < -0.4 is 5.73 Å². The van der Waals surface area contributed by atoms with Crippen molar-refractivity contribution < 1.29 is 14.3 Å². The fraction of sp³-hybridized carbons (Fsp3) is 0.615. The molecule has 2 rings (SSSR count). The van der Waals surface area contributed by atoms with E-state index in [0.29, 0.717) is 31.9 Å². The van der Waals surface area contributed by atoms with E-state index in [0.717, 1.165) is 5.01 Å². The Bertz CT molecular complexity index is 509. The van der Waals surface area contributed by atoms with Gasteiger partial charge in [-0.25, -0.2) is 4.98 Å². The number of methoxy groups -OCH3 is 1. The highest BCUT2D eigenvalue weighted by Crippen LogP contribution is 2.17. The largest absolute Gasteiger partial charge is 0.375 e. The highest BCUT2D eigenvalue weighted by molar-refractivity contribution is 7.09. The quantitative estimate of drug-likeness (QED) is 0.851. The first kappa shape index (κ1) is 15.9. The Hall–Kier alpha value is -1.51. The van der Waals surface area contributed by atoms with Crippen LogP contribution in [0, 0.1) is 0 Å². The third-order valence-corrected chi connectivity index (χ3v) is 4.36. The van der Waals surface area contributed by atoms with E-state index in [-0.39, 0.29) is 24.5 Å². The number of nitrogens with two attached hydrogens (primary N) is 1. The number of ether oxygens (including phenoxy) is 1. The minimum absolute atomic E-state index is 0.0440. The molecule has 1 fully saturated rings. The summed E-state index contributed by atoms with van der Waals surface area (Å²) in [4.78, 5) is 31.7. The lowest BCUT2D eigenvalue weighted by molar-refractivity contribution is -0.136. The molecule has 2 heterocycles. The van der Waals surface area contributed by atoms with E-state index in [1.54, 1.807) is 15.2 Å². The van der Waals surface area contributed by atoms with E-state index < -0.39 is 0 Å². The van der Waals surface area contributed by atoms with Gasteiger partial charge in [0.1, 0.15) is 17.3 Å². The molecular formula is C13H20N4O3S. The van der Waals surface area contributed by atoms with Crippen molar-refractivity contribution >= 4 is 23.2 Å². The third kappa shape index (κ3) is 3.78. The van der Waals surface area contributed by atoms with Crippen LogP contribution >= 0.6 is 11.3 Å². The zero-order chi connectivity index (χ0) is 15.4. The molecule has 1 aromatic rings. The van der Waals surface area contributed by atoms with Gasteiger partial charge in [0, 0.05) is 38.7 Å². The lowest BCUT2D eigenvalue weighted by Crippen LogP contribution is -2.51. The summed E-state index contributed by atoms with van der Waals surface area (Å²) in [6.45, 7) is 4.00. The monoisotopic (exact) mass is 312 g/mol. The molecule has 2 amide bonds. The molecule has 0 aliphatic carbocycles. The fourth-order valence-electron chi connectivity index (χ4n) is 2.13. The molecule has 21 heavy (non-hydrogen) atoms. The second-order valence-corrected chi connectivity index (χ2v) is 5.86. The number of piperazine rings is 1. The van der Waals surface area contributed by atoms with Gasteiger partial charge in [-0.1, -0.05) is 0 Å². The number of amides is 2. The zero-order valence-corrected chi connectivity index (χ0v) is 13.1. The SMILES string of the molecule is COCC(=O)N1CCN(C(=O)c2csc(C(C)N)n2)CC1. The lowest BCUT2D eigenvalue weighted by atomic mass is 10.3. The second kappa shape index (κ2) is 6.97. The van der Waals surface area contributed by atoms with Crippen molar-refractivity contribution in [3.63, 3.8) is 0 Å². The first-order chi connectivity index (χ1) is 10.0. The van der Waals surface area contributed by atoms with Crippen molar-refractivity contribution in [3.8, 4) is 0 Å². The topological polar surface area (TPSA) is 88.8 Å². The van der Waals surface area contributed by atoms with Gasteiger partial charge in [-0.3, -0.25) is 9.59 Å². The van der Waals surface area contributed by atoms with Crippen molar-refractivity contribution in [1.29, 1.82) is 0 Å². The second-order valence-electron chi connectivity index (χ2n) is 4.97. The normalized spacial score (nSPS) is 16.9. The molecule has 116 valence electrons. The summed E-state index contributed by atoms with van der Waals surface area (Å²) in [5.74, 6) is -0.144. The number of nitrogens with zero attached hydrogens (tertiary/aromatic N) is 3. The van der Waals surface area contributed by atoms with Gasteiger partial charge in [0.25, 0.3) is 5.91 Å². The van der Waals surface area contributed by atoms with Gasteiger partial charge in [0.2, 0.25) is 5.91 Å². The Labute approximate surface area is 127 Å². The molecule has 1 unspecified atom stereocenters. The summed E-state index contributed by atoms with van der Waals surface area (Å²) in [7, 11) is 1.50. The summed E-state index contributed by atoms with van der Waals surface area (Å²) >= 11 is 1.40. The molecular weight excluding hydrogens is 292 g/mol. The van der Waals surface area contributed by atoms with Gasteiger partial charge in [0.15, 0.2) is 0 Å². The van der Waals surface area contributed by atoms with Gasteiger partial charge < -0.3 is 20.3 Å². The number of rotatable bonds is 4. The van der Waals surface area contributed by atoms with Crippen LogP contribution in [0.2, 0.25) is 0 Å². The fourth-order valence-corrected chi connectivity index (χ4v) is 2.88. The average Bonchev–Trinajstić information content (AvgIpc) is 2.97. The summed E-state index contributed by atoms with van der Waals surface area (Å²) < 4.78 is 4.83. The molecule has 0 aromatic carbocycles. The maximum atomic E-state index is 12.3. The molecule has 0 spiro atoms. The van der Waals surface area contributed by atoms with Crippen LogP contribution in [0.5, 0.6) is 0 Å². The van der Waals surface area contributed by atoms with Crippen LogP contribution in [0.3, 0.4) is 0 Å². The van der Waals surface area contributed by atoms with Crippen molar-refractivity contribution in [1.82, 2.24) is 14.8 Å². The van der Waals surface area contributed by atoms with Crippen LogP contribution in [0.1, 0.15) is 28.5 Å². The molecule has 0 bridgehead atoms. The highest BCUT2D eigenvalue weighted by atomic mass is 32.1. The number of carbonyl (C=O) groups is 2. The Morgan fingerprint density at radius 2 is 2.00 bits per heavy atom. The maximum Gasteiger partial charge on any atom is 0.273 e. The molecule has 1 saturated heterocycles. The smallest absolute Gasteiger partial charge is 0.273 e. The predicted octanol–water partition coefficient (Wildman–Crippen LogP) is 0.0936. The van der Waals surface area contributed by atoms with Crippen LogP contribution in [-0.4, -0.2) is 66.5 Å². The Balaban J connectivity index is 1.92. The number of hydrogen-bond acceptors (Lipinski definition) is 6. The number of carbonyl (C=O) groups excluding carboxylic acids is 2. The van der Waals surface area contributed by atoms with Gasteiger partial charge in [0.05, 0.1) is 6.04 Å². The van der Waals surface area contributed by atoms with Crippen molar-refractivity contribution in [2.75, 3.05) is 39.9 Å². The molecule has 0 saturated carbocycles. The average molecular weight is 312 g/mol. The molecule has 2 N–H and O–H groups in total. The van der Waals surface area contributed by atoms with Crippen LogP contribution in [-0.2, 0) is 9.53 Å². The third-order valence-electron chi connectivity index (χ3n) is 3.32. The van der Waals surface area contributed by atoms with E-state index in [9.17, 15) is 9.59 Å². The predicted molar refractivity (Wildman–Crippen MR) is 79.1 cm³/mol. The van der Waals surface area contributed by atoms with E-state index in [1.807, 2.05) is 6.92 Å². The zero-order valence-electron chi connectivity index (χ0n) is 12.2. The van der Waals surface area contributed by atoms with Gasteiger partial charge in [-0.2, -0.15) is 0 Å².